The Morgan fingerprint density at radius 1 is 1.00 bits per heavy atom. The molecular weight excluding hydrogens is 277 g/mol. The van der Waals surface area contributed by atoms with Crippen molar-refractivity contribution in [3.63, 3.8) is 0 Å². The van der Waals surface area contributed by atoms with Gasteiger partial charge in [-0.3, -0.25) is 0 Å². The molecule has 0 radical (unpaired) electrons. The van der Waals surface area contributed by atoms with Crippen molar-refractivity contribution in [2.24, 2.45) is 0 Å². The van der Waals surface area contributed by atoms with Gasteiger partial charge in [-0.05, 0) is 29.3 Å². The summed E-state index contributed by atoms with van der Waals surface area (Å²) in [5, 5.41) is 4.92. The third-order valence-electron chi connectivity index (χ3n) is 2.93. The molecule has 0 aliphatic carbocycles. The number of halogens is 2. The second kappa shape index (κ2) is 6.42. The second-order valence-corrected chi connectivity index (χ2v) is 5.66. The fourth-order valence-electron chi connectivity index (χ4n) is 1.97. The number of benzene rings is 2. The number of hydrogen-bond donors (Lipinski definition) is 1. The van der Waals surface area contributed by atoms with Gasteiger partial charge in [-0.25, -0.2) is 0 Å². The molecule has 0 aromatic heterocycles. The van der Waals surface area contributed by atoms with Crippen LogP contribution < -0.4 is 5.32 Å². The predicted octanol–water partition coefficient (Wildman–Crippen LogP) is 5.16. The smallest absolute Gasteiger partial charge is 0.0484 e. The zero-order valence-corrected chi connectivity index (χ0v) is 12.6. The van der Waals surface area contributed by atoms with Crippen molar-refractivity contribution in [1.29, 1.82) is 0 Å². The highest BCUT2D eigenvalue weighted by Gasteiger charge is 2.09. The van der Waals surface area contributed by atoms with Gasteiger partial charge in [-0.1, -0.05) is 61.3 Å². The normalized spacial score (nSPS) is 11.0. The van der Waals surface area contributed by atoms with Gasteiger partial charge >= 0.3 is 0 Å². The number of rotatable bonds is 4. The molecule has 0 amide bonds. The summed E-state index contributed by atoms with van der Waals surface area (Å²) in [7, 11) is 0. The molecule has 0 saturated heterocycles. The Hall–Kier alpha value is -1.02. The number of nitrogens with one attached hydrogen (secondary N) is 1. The van der Waals surface area contributed by atoms with Crippen molar-refractivity contribution in [3.05, 3.63) is 58.1 Å². The summed E-state index contributed by atoms with van der Waals surface area (Å²) >= 11 is 12.4. The first-order chi connectivity index (χ1) is 9.08. The van der Waals surface area contributed by atoms with E-state index in [0.717, 1.165) is 33.3 Å². The summed E-state index contributed by atoms with van der Waals surface area (Å²) in [5.74, 6) is 0. The third-order valence-corrected chi connectivity index (χ3v) is 3.50. The van der Waals surface area contributed by atoms with E-state index in [9.17, 15) is 0 Å². The van der Waals surface area contributed by atoms with E-state index in [4.69, 9.17) is 23.2 Å². The largest absolute Gasteiger partial charge is 0.310 e. The Kier molecular flexibility index (Phi) is 4.87. The first kappa shape index (κ1) is 14.4. The lowest BCUT2D eigenvalue weighted by Crippen LogP contribution is -2.22. The fourth-order valence-corrected chi connectivity index (χ4v) is 2.40. The second-order valence-electron chi connectivity index (χ2n) is 4.82. The van der Waals surface area contributed by atoms with Crippen molar-refractivity contribution in [2.75, 3.05) is 0 Å². The van der Waals surface area contributed by atoms with Crippen LogP contribution in [0.3, 0.4) is 0 Å². The van der Waals surface area contributed by atoms with Crippen LogP contribution in [0.4, 0.5) is 0 Å². The van der Waals surface area contributed by atoms with Crippen molar-refractivity contribution >= 4 is 23.2 Å². The van der Waals surface area contributed by atoms with E-state index in [1.54, 1.807) is 0 Å². The van der Waals surface area contributed by atoms with E-state index in [-0.39, 0.29) is 0 Å². The van der Waals surface area contributed by atoms with Crippen molar-refractivity contribution in [2.45, 2.75) is 26.4 Å². The van der Waals surface area contributed by atoms with Gasteiger partial charge in [0.25, 0.3) is 0 Å². The summed E-state index contributed by atoms with van der Waals surface area (Å²) in [4.78, 5) is 0. The summed E-state index contributed by atoms with van der Waals surface area (Å²) in [6.07, 6.45) is 0. The molecule has 2 aromatic carbocycles. The highest BCUT2D eigenvalue weighted by molar-refractivity contribution is 6.33. The molecule has 19 heavy (non-hydrogen) atoms. The monoisotopic (exact) mass is 293 g/mol. The SMILES string of the molecule is CC(C)NCc1cc(Cl)ccc1-c1ccccc1Cl. The fraction of sp³-hybridized carbons (Fsp3) is 0.250. The molecule has 1 N–H and O–H groups in total. The molecule has 0 spiro atoms. The Morgan fingerprint density at radius 3 is 2.42 bits per heavy atom. The van der Waals surface area contributed by atoms with Crippen LogP contribution in [0.25, 0.3) is 11.1 Å². The maximum absolute atomic E-state index is 6.28. The molecule has 100 valence electrons. The lowest BCUT2D eigenvalue weighted by atomic mass is 9.99. The summed E-state index contributed by atoms with van der Waals surface area (Å²) < 4.78 is 0. The van der Waals surface area contributed by atoms with E-state index in [1.807, 2.05) is 42.5 Å². The number of hydrogen-bond acceptors (Lipinski definition) is 1. The zero-order valence-electron chi connectivity index (χ0n) is 11.1. The van der Waals surface area contributed by atoms with Crippen molar-refractivity contribution < 1.29 is 0 Å². The minimum atomic E-state index is 0.429. The first-order valence-corrected chi connectivity index (χ1v) is 7.10. The molecule has 0 unspecified atom stereocenters. The molecule has 2 rings (SSSR count). The van der Waals surface area contributed by atoms with Gasteiger partial charge in [-0.15, -0.1) is 0 Å². The Morgan fingerprint density at radius 2 is 1.74 bits per heavy atom. The maximum atomic E-state index is 6.28. The van der Waals surface area contributed by atoms with E-state index < -0.39 is 0 Å². The molecule has 0 fully saturated rings. The predicted molar refractivity (Wildman–Crippen MR) is 83.9 cm³/mol. The minimum absolute atomic E-state index is 0.429. The van der Waals surface area contributed by atoms with Gasteiger partial charge in [0, 0.05) is 28.2 Å². The summed E-state index contributed by atoms with van der Waals surface area (Å²) in [6, 6.07) is 14.2. The maximum Gasteiger partial charge on any atom is 0.0484 e. The zero-order chi connectivity index (χ0) is 13.8. The Balaban J connectivity index is 2.42. The molecular formula is C16H17Cl2N. The van der Waals surface area contributed by atoms with Gasteiger partial charge in [0.15, 0.2) is 0 Å². The van der Waals surface area contributed by atoms with Crippen molar-refractivity contribution in [3.8, 4) is 11.1 Å². The molecule has 0 heterocycles. The molecule has 2 aromatic rings. The van der Waals surface area contributed by atoms with Crippen LogP contribution in [0, 0.1) is 0 Å². The molecule has 0 saturated carbocycles. The van der Waals surface area contributed by atoms with Crippen LogP contribution >= 0.6 is 23.2 Å². The van der Waals surface area contributed by atoms with Gasteiger partial charge in [-0.2, -0.15) is 0 Å². The van der Waals surface area contributed by atoms with E-state index in [2.05, 4.69) is 19.2 Å². The molecule has 0 aliphatic heterocycles. The minimum Gasteiger partial charge on any atom is -0.310 e. The lowest BCUT2D eigenvalue weighted by Gasteiger charge is -2.14. The highest BCUT2D eigenvalue weighted by Crippen LogP contribution is 2.31. The Bertz CT molecular complexity index is 564. The van der Waals surface area contributed by atoms with Crippen LogP contribution in [-0.2, 0) is 6.54 Å². The van der Waals surface area contributed by atoms with Gasteiger partial charge in [0.1, 0.15) is 0 Å². The van der Waals surface area contributed by atoms with E-state index in [1.165, 1.54) is 0 Å². The molecule has 0 bridgehead atoms. The summed E-state index contributed by atoms with van der Waals surface area (Å²) in [5.41, 5.74) is 3.33. The quantitative estimate of drug-likeness (QED) is 0.821. The highest BCUT2D eigenvalue weighted by atomic mass is 35.5. The van der Waals surface area contributed by atoms with E-state index in [0.29, 0.717) is 6.04 Å². The van der Waals surface area contributed by atoms with Crippen LogP contribution in [-0.4, -0.2) is 6.04 Å². The standard InChI is InChI=1S/C16H17Cl2N/c1-11(2)19-10-12-9-13(17)7-8-14(12)15-5-3-4-6-16(15)18/h3-9,11,19H,10H2,1-2H3. The molecule has 0 aliphatic rings. The van der Waals surface area contributed by atoms with E-state index >= 15 is 0 Å². The van der Waals surface area contributed by atoms with Crippen LogP contribution in [0.1, 0.15) is 19.4 Å². The molecule has 3 heteroatoms. The van der Waals surface area contributed by atoms with Gasteiger partial charge < -0.3 is 5.32 Å². The average Bonchev–Trinajstić information content (AvgIpc) is 2.37. The van der Waals surface area contributed by atoms with Crippen LogP contribution in [0.5, 0.6) is 0 Å². The summed E-state index contributed by atoms with van der Waals surface area (Å²) in [6.45, 7) is 5.03. The van der Waals surface area contributed by atoms with Crippen LogP contribution in [0.2, 0.25) is 10.0 Å². The average molecular weight is 294 g/mol. The van der Waals surface area contributed by atoms with Gasteiger partial charge in [0.05, 0.1) is 0 Å². The topological polar surface area (TPSA) is 12.0 Å². The molecule has 0 atom stereocenters. The van der Waals surface area contributed by atoms with Crippen LogP contribution in [0.15, 0.2) is 42.5 Å². The first-order valence-electron chi connectivity index (χ1n) is 6.34. The third kappa shape index (κ3) is 3.73. The van der Waals surface area contributed by atoms with Gasteiger partial charge in [0.2, 0.25) is 0 Å². The Labute approximate surface area is 124 Å². The lowest BCUT2D eigenvalue weighted by molar-refractivity contribution is 0.589. The molecule has 1 nitrogen and oxygen atoms in total. The van der Waals surface area contributed by atoms with Crippen molar-refractivity contribution in [1.82, 2.24) is 5.32 Å².